The standard InChI is InChI=1S/C11H21N5/c1-3-9-4-6-10(7-5-9)12-8-11-13-15-16(2)14-11/h9-10,12H,3-8H2,1-2H3. The van der Waals surface area contributed by atoms with Crippen LogP contribution in [0.2, 0.25) is 0 Å². The van der Waals surface area contributed by atoms with Gasteiger partial charge < -0.3 is 5.32 Å². The third-order valence-electron chi connectivity index (χ3n) is 3.52. The van der Waals surface area contributed by atoms with Crippen LogP contribution in [0.15, 0.2) is 0 Å². The van der Waals surface area contributed by atoms with Crippen LogP contribution in [0.5, 0.6) is 0 Å². The molecule has 0 atom stereocenters. The molecule has 0 unspecified atom stereocenters. The van der Waals surface area contributed by atoms with E-state index in [4.69, 9.17) is 0 Å². The summed E-state index contributed by atoms with van der Waals surface area (Å²) in [6.45, 7) is 3.04. The molecule has 16 heavy (non-hydrogen) atoms. The van der Waals surface area contributed by atoms with Crippen LogP contribution in [-0.4, -0.2) is 26.2 Å². The lowest BCUT2D eigenvalue weighted by Crippen LogP contribution is -2.33. The summed E-state index contributed by atoms with van der Waals surface area (Å²) in [5.74, 6) is 1.74. The zero-order valence-corrected chi connectivity index (χ0v) is 10.2. The summed E-state index contributed by atoms with van der Waals surface area (Å²) < 4.78 is 0. The van der Waals surface area contributed by atoms with E-state index >= 15 is 0 Å². The van der Waals surface area contributed by atoms with Crippen LogP contribution in [-0.2, 0) is 13.6 Å². The molecule has 5 heteroatoms. The largest absolute Gasteiger partial charge is 0.307 e. The smallest absolute Gasteiger partial charge is 0.188 e. The maximum absolute atomic E-state index is 4.16. The Balaban J connectivity index is 1.71. The molecule has 1 aromatic heterocycles. The van der Waals surface area contributed by atoms with E-state index in [1.807, 2.05) is 0 Å². The third kappa shape index (κ3) is 3.01. The number of hydrogen-bond donors (Lipinski definition) is 1. The molecule has 1 N–H and O–H groups in total. The normalized spacial score (nSPS) is 25.9. The quantitative estimate of drug-likeness (QED) is 0.835. The summed E-state index contributed by atoms with van der Waals surface area (Å²) in [4.78, 5) is 1.50. The van der Waals surface area contributed by atoms with Gasteiger partial charge in [0.25, 0.3) is 0 Å². The van der Waals surface area contributed by atoms with Gasteiger partial charge in [-0.25, -0.2) is 0 Å². The second kappa shape index (κ2) is 5.39. The minimum absolute atomic E-state index is 0.645. The summed E-state index contributed by atoms with van der Waals surface area (Å²) in [6, 6.07) is 0.645. The third-order valence-corrected chi connectivity index (χ3v) is 3.52. The molecule has 0 radical (unpaired) electrons. The van der Waals surface area contributed by atoms with Crippen molar-refractivity contribution in [3.63, 3.8) is 0 Å². The number of nitrogens with one attached hydrogen (secondary N) is 1. The van der Waals surface area contributed by atoms with Crippen molar-refractivity contribution in [1.29, 1.82) is 0 Å². The van der Waals surface area contributed by atoms with Crippen molar-refractivity contribution in [3.8, 4) is 0 Å². The van der Waals surface area contributed by atoms with Crippen LogP contribution < -0.4 is 5.32 Å². The molecule has 0 aliphatic heterocycles. The predicted molar refractivity (Wildman–Crippen MR) is 61.7 cm³/mol. The van der Waals surface area contributed by atoms with E-state index in [-0.39, 0.29) is 0 Å². The maximum Gasteiger partial charge on any atom is 0.188 e. The van der Waals surface area contributed by atoms with E-state index in [1.165, 1.54) is 36.9 Å². The highest BCUT2D eigenvalue weighted by Crippen LogP contribution is 2.26. The van der Waals surface area contributed by atoms with Gasteiger partial charge in [0.2, 0.25) is 0 Å². The first kappa shape index (κ1) is 11.5. The molecule has 90 valence electrons. The Labute approximate surface area is 96.6 Å². The molecular weight excluding hydrogens is 202 g/mol. The zero-order valence-electron chi connectivity index (χ0n) is 10.2. The molecule has 0 spiro atoms. The number of hydrogen-bond acceptors (Lipinski definition) is 4. The van der Waals surface area contributed by atoms with E-state index in [2.05, 4.69) is 27.7 Å². The molecule has 1 heterocycles. The molecular formula is C11H21N5. The van der Waals surface area contributed by atoms with Crippen LogP contribution in [0.3, 0.4) is 0 Å². The molecule has 1 fully saturated rings. The first-order chi connectivity index (χ1) is 7.78. The van der Waals surface area contributed by atoms with E-state index in [9.17, 15) is 0 Å². The zero-order chi connectivity index (χ0) is 11.4. The van der Waals surface area contributed by atoms with Gasteiger partial charge in [-0.15, -0.1) is 10.2 Å². The van der Waals surface area contributed by atoms with Gasteiger partial charge in [0, 0.05) is 6.04 Å². The van der Waals surface area contributed by atoms with Crippen molar-refractivity contribution in [1.82, 2.24) is 25.5 Å². The maximum atomic E-state index is 4.16. The Kier molecular flexibility index (Phi) is 3.88. The highest BCUT2D eigenvalue weighted by molar-refractivity contribution is 4.81. The van der Waals surface area contributed by atoms with Gasteiger partial charge in [0.05, 0.1) is 13.6 Å². The number of nitrogens with zero attached hydrogens (tertiary/aromatic N) is 4. The second-order valence-electron chi connectivity index (χ2n) is 4.70. The van der Waals surface area contributed by atoms with Crippen LogP contribution in [0.4, 0.5) is 0 Å². The van der Waals surface area contributed by atoms with Crippen molar-refractivity contribution >= 4 is 0 Å². The summed E-state index contributed by atoms with van der Waals surface area (Å²) in [5, 5.41) is 15.5. The molecule has 1 aliphatic rings. The van der Waals surface area contributed by atoms with Crippen molar-refractivity contribution in [3.05, 3.63) is 5.82 Å². The fourth-order valence-electron chi connectivity index (χ4n) is 2.40. The van der Waals surface area contributed by atoms with Gasteiger partial charge in [0.15, 0.2) is 5.82 Å². The summed E-state index contributed by atoms with van der Waals surface area (Å²) in [7, 11) is 1.79. The minimum Gasteiger partial charge on any atom is -0.307 e. The van der Waals surface area contributed by atoms with Gasteiger partial charge in [0.1, 0.15) is 0 Å². The fraction of sp³-hybridized carbons (Fsp3) is 0.909. The van der Waals surface area contributed by atoms with Gasteiger partial charge in [-0.2, -0.15) is 4.80 Å². The molecule has 5 nitrogen and oxygen atoms in total. The van der Waals surface area contributed by atoms with E-state index in [0.717, 1.165) is 18.3 Å². The van der Waals surface area contributed by atoms with Crippen molar-refractivity contribution in [2.24, 2.45) is 13.0 Å². The number of rotatable bonds is 4. The van der Waals surface area contributed by atoms with Gasteiger partial charge in [-0.05, 0) is 36.8 Å². The van der Waals surface area contributed by atoms with Crippen LogP contribution in [0.25, 0.3) is 0 Å². The van der Waals surface area contributed by atoms with Crippen LogP contribution in [0, 0.1) is 5.92 Å². The Morgan fingerprint density at radius 1 is 1.31 bits per heavy atom. The predicted octanol–water partition coefficient (Wildman–Crippen LogP) is 1.27. The van der Waals surface area contributed by atoms with Crippen molar-refractivity contribution < 1.29 is 0 Å². The SMILES string of the molecule is CCC1CCC(NCc2nnn(C)n2)CC1. The highest BCUT2D eigenvalue weighted by Gasteiger charge is 2.19. The first-order valence-corrected chi connectivity index (χ1v) is 6.24. The number of aromatic nitrogens is 4. The van der Waals surface area contributed by atoms with Gasteiger partial charge in [-0.1, -0.05) is 13.3 Å². The van der Waals surface area contributed by atoms with Crippen molar-refractivity contribution in [2.45, 2.75) is 51.6 Å². The molecule has 0 saturated heterocycles. The average Bonchev–Trinajstić information content (AvgIpc) is 2.73. The van der Waals surface area contributed by atoms with E-state index < -0.39 is 0 Å². The van der Waals surface area contributed by atoms with E-state index in [1.54, 1.807) is 7.05 Å². The Bertz CT molecular complexity index is 314. The van der Waals surface area contributed by atoms with Gasteiger partial charge >= 0.3 is 0 Å². The molecule has 0 bridgehead atoms. The topological polar surface area (TPSA) is 55.6 Å². The lowest BCUT2D eigenvalue weighted by molar-refractivity contribution is 0.284. The molecule has 0 amide bonds. The summed E-state index contributed by atoms with van der Waals surface area (Å²) >= 11 is 0. The molecule has 2 rings (SSSR count). The fourth-order valence-corrected chi connectivity index (χ4v) is 2.40. The first-order valence-electron chi connectivity index (χ1n) is 6.24. The minimum atomic E-state index is 0.645. The number of tetrazole rings is 1. The van der Waals surface area contributed by atoms with E-state index in [0.29, 0.717) is 6.04 Å². The van der Waals surface area contributed by atoms with Crippen molar-refractivity contribution in [2.75, 3.05) is 0 Å². The molecule has 1 saturated carbocycles. The second-order valence-corrected chi connectivity index (χ2v) is 4.70. The Hall–Kier alpha value is -0.970. The average molecular weight is 223 g/mol. The summed E-state index contributed by atoms with van der Waals surface area (Å²) in [6.07, 6.45) is 6.64. The summed E-state index contributed by atoms with van der Waals surface area (Å²) in [5.41, 5.74) is 0. The molecule has 1 aliphatic carbocycles. The van der Waals surface area contributed by atoms with Crippen LogP contribution >= 0.6 is 0 Å². The Morgan fingerprint density at radius 3 is 2.62 bits per heavy atom. The Morgan fingerprint density at radius 2 is 2.06 bits per heavy atom. The number of aryl methyl sites for hydroxylation is 1. The molecule has 0 aromatic carbocycles. The highest BCUT2D eigenvalue weighted by atomic mass is 15.6. The van der Waals surface area contributed by atoms with Crippen LogP contribution in [0.1, 0.15) is 44.9 Å². The lowest BCUT2D eigenvalue weighted by Gasteiger charge is -2.28. The molecule has 1 aromatic rings. The monoisotopic (exact) mass is 223 g/mol. The lowest BCUT2D eigenvalue weighted by atomic mass is 9.84. The van der Waals surface area contributed by atoms with Gasteiger partial charge in [-0.3, -0.25) is 0 Å².